The molecule has 1 unspecified atom stereocenters. The fourth-order valence-electron chi connectivity index (χ4n) is 0.357. The van der Waals surface area contributed by atoms with Crippen molar-refractivity contribution < 1.29 is 9.59 Å². The van der Waals surface area contributed by atoms with Gasteiger partial charge in [0, 0.05) is 6.42 Å². The van der Waals surface area contributed by atoms with E-state index in [2.05, 4.69) is 15.9 Å². The van der Waals surface area contributed by atoms with Crippen LogP contribution in [0.4, 0.5) is 0 Å². The minimum absolute atomic E-state index is 0.359. The van der Waals surface area contributed by atoms with E-state index in [0.29, 0.717) is 12.8 Å². The van der Waals surface area contributed by atoms with Crippen molar-refractivity contribution in [2.45, 2.75) is 17.7 Å². The molecule has 0 aliphatic heterocycles. The number of carbonyl (C=O) groups excluding carboxylic acids is 2. The van der Waals surface area contributed by atoms with Gasteiger partial charge in [0.25, 0.3) is 0 Å². The summed E-state index contributed by atoms with van der Waals surface area (Å²) in [5.74, 6) is -0.420. The van der Waals surface area contributed by atoms with Crippen LogP contribution in [-0.4, -0.2) is 17.0 Å². The summed E-state index contributed by atoms with van der Waals surface area (Å²) in [7, 11) is 0. The Morgan fingerprint density at radius 2 is 2.33 bits per heavy atom. The molecule has 0 radical (unpaired) electrons. The van der Waals surface area contributed by atoms with Crippen molar-refractivity contribution in [1.82, 2.24) is 0 Å². The Kier molecular flexibility index (Phi) is 4.30. The number of nitrogens with two attached hydrogens (primary N) is 1. The molecule has 2 N–H and O–H groups in total. The molecule has 0 spiro atoms. The molecule has 9 heavy (non-hydrogen) atoms. The van der Waals surface area contributed by atoms with Crippen molar-refractivity contribution in [1.29, 1.82) is 0 Å². The van der Waals surface area contributed by atoms with Gasteiger partial charge < -0.3 is 10.5 Å². The molecule has 0 heterocycles. The molecule has 1 amide bonds. The average Bonchev–Trinajstić information content (AvgIpc) is 1.82. The molecule has 0 saturated carbocycles. The standard InChI is InChI=1S/C5H8BrNO2/c6-4(5(7)9)2-1-3-8/h3-4H,1-2H2,(H2,7,9). The van der Waals surface area contributed by atoms with Crippen LogP contribution in [0.5, 0.6) is 0 Å². The van der Waals surface area contributed by atoms with E-state index in [1.54, 1.807) is 0 Å². The predicted molar refractivity (Wildman–Crippen MR) is 37.2 cm³/mol. The Hall–Kier alpha value is -0.380. The lowest BCUT2D eigenvalue weighted by molar-refractivity contribution is -0.117. The minimum Gasteiger partial charge on any atom is -0.369 e. The maximum atomic E-state index is 10.3. The van der Waals surface area contributed by atoms with E-state index in [0.717, 1.165) is 6.29 Å². The van der Waals surface area contributed by atoms with Gasteiger partial charge in [-0.05, 0) is 6.42 Å². The number of carbonyl (C=O) groups is 2. The van der Waals surface area contributed by atoms with Crippen LogP contribution in [0, 0.1) is 0 Å². The molecule has 0 saturated heterocycles. The van der Waals surface area contributed by atoms with Gasteiger partial charge in [0.05, 0.1) is 4.83 Å². The minimum atomic E-state index is -0.420. The lowest BCUT2D eigenvalue weighted by Gasteiger charge is -1.99. The van der Waals surface area contributed by atoms with Crippen molar-refractivity contribution in [3.05, 3.63) is 0 Å². The lowest BCUT2D eigenvalue weighted by Crippen LogP contribution is -2.22. The van der Waals surface area contributed by atoms with Gasteiger partial charge >= 0.3 is 0 Å². The van der Waals surface area contributed by atoms with Crippen LogP contribution in [0.1, 0.15) is 12.8 Å². The number of hydrogen-bond donors (Lipinski definition) is 1. The van der Waals surface area contributed by atoms with Crippen molar-refractivity contribution in [2.24, 2.45) is 5.73 Å². The fourth-order valence-corrected chi connectivity index (χ4v) is 0.621. The van der Waals surface area contributed by atoms with E-state index in [1.807, 2.05) is 0 Å². The first kappa shape index (κ1) is 8.62. The zero-order chi connectivity index (χ0) is 7.28. The highest BCUT2D eigenvalue weighted by atomic mass is 79.9. The monoisotopic (exact) mass is 193 g/mol. The Balaban J connectivity index is 3.37. The third-order valence-corrected chi connectivity index (χ3v) is 1.76. The maximum absolute atomic E-state index is 10.3. The summed E-state index contributed by atoms with van der Waals surface area (Å²) in [6.45, 7) is 0. The quantitative estimate of drug-likeness (QED) is 0.513. The summed E-state index contributed by atoms with van der Waals surface area (Å²) < 4.78 is 0. The smallest absolute Gasteiger partial charge is 0.231 e. The molecule has 0 bridgehead atoms. The third-order valence-electron chi connectivity index (χ3n) is 0.847. The highest BCUT2D eigenvalue weighted by Gasteiger charge is 2.08. The second kappa shape index (κ2) is 4.49. The summed E-state index contributed by atoms with van der Waals surface area (Å²) in [6.07, 6.45) is 1.62. The van der Waals surface area contributed by atoms with Crippen molar-refractivity contribution in [2.75, 3.05) is 0 Å². The van der Waals surface area contributed by atoms with Crippen molar-refractivity contribution >= 4 is 28.1 Å². The Labute approximate surface area is 61.7 Å². The van der Waals surface area contributed by atoms with Gasteiger partial charge in [0.2, 0.25) is 5.91 Å². The first-order valence-electron chi connectivity index (χ1n) is 2.55. The van der Waals surface area contributed by atoms with E-state index in [9.17, 15) is 9.59 Å². The van der Waals surface area contributed by atoms with Gasteiger partial charge in [0.15, 0.2) is 0 Å². The molecular weight excluding hydrogens is 186 g/mol. The number of alkyl halides is 1. The van der Waals surface area contributed by atoms with Crippen LogP contribution >= 0.6 is 15.9 Å². The Bertz CT molecular complexity index is 116. The Morgan fingerprint density at radius 1 is 1.78 bits per heavy atom. The van der Waals surface area contributed by atoms with E-state index >= 15 is 0 Å². The normalized spacial score (nSPS) is 12.6. The maximum Gasteiger partial charge on any atom is 0.231 e. The second-order valence-corrected chi connectivity index (χ2v) is 2.72. The molecule has 4 heteroatoms. The third kappa shape index (κ3) is 4.14. The van der Waals surface area contributed by atoms with Crippen LogP contribution in [0.15, 0.2) is 0 Å². The van der Waals surface area contributed by atoms with Gasteiger partial charge in [0.1, 0.15) is 6.29 Å². The topological polar surface area (TPSA) is 60.2 Å². The van der Waals surface area contributed by atoms with E-state index < -0.39 is 5.91 Å². The molecule has 1 atom stereocenters. The zero-order valence-corrected chi connectivity index (χ0v) is 6.43. The Morgan fingerprint density at radius 3 is 2.67 bits per heavy atom. The van der Waals surface area contributed by atoms with E-state index in [1.165, 1.54) is 0 Å². The van der Waals surface area contributed by atoms with Crippen LogP contribution in [0.3, 0.4) is 0 Å². The predicted octanol–water partition coefficient (Wildman–Crippen LogP) is 0.214. The molecule has 3 nitrogen and oxygen atoms in total. The second-order valence-electron chi connectivity index (χ2n) is 1.61. The molecule has 0 rings (SSSR count). The number of aldehydes is 1. The SMILES string of the molecule is NC(=O)C(Br)CCC=O. The summed E-state index contributed by atoms with van der Waals surface area (Å²) in [6, 6.07) is 0. The van der Waals surface area contributed by atoms with Crippen molar-refractivity contribution in [3.63, 3.8) is 0 Å². The number of hydrogen-bond acceptors (Lipinski definition) is 2. The molecule has 0 aromatic carbocycles. The molecular formula is C5H8BrNO2. The molecule has 0 aromatic rings. The lowest BCUT2D eigenvalue weighted by atomic mass is 10.2. The summed E-state index contributed by atoms with van der Waals surface area (Å²) >= 11 is 3.01. The number of halogens is 1. The van der Waals surface area contributed by atoms with Gasteiger partial charge in [-0.3, -0.25) is 4.79 Å². The molecule has 0 aliphatic carbocycles. The van der Waals surface area contributed by atoms with Crippen LogP contribution in [0.25, 0.3) is 0 Å². The first-order chi connectivity index (χ1) is 4.18. The van der Waals surface area contributed by atoms with Crippen LogP contribution in [0.2, 0.25) is 0 Å². The van der Waals surface area contributed by atoms with Gasteiger partial charge in [-0.1, -0.05) is 15.9 Å². The highest BCUT2D eigenvalue weighted by molar-refractivity contribution is 9.10. The first-order valence-corrected chi connectivity index (χ1v) is 3.47. The number of amides is 1. The average molecular weight is 194 g/mol. The highest BCUT2D eigenvalue weighted by Crippen LogP contribution is 2.04. The molecule has 0 aromatic heterocycles. The zero-order valence-electron chi connectivity index (χ0n) is 4.84. The van der Waals surface area contributed by atoms with Crippen LogP contribution in [-0.2, 0) is 9.59 Å². The molecule has 0 aliphatic rings. The van der Waals surface area contributed by atoms with Gasteiger partial charge in [-0.15, -0.1) is 0 Å². The van der Waals surface area contributed by atoms with Gasteiger partial charge in [-0.25, -0.2) is 0 Å². The van der Waals surface area contributed by atoms with Crippen molar-refractivity contribution in [3.8, 4) is 0 Å². The fraction of sp³-hybridized carbons (Fsp3) is 0.600. The summed E-state index contributed by atoms with van der Waals surface area (Å²) in [5, 5.41) is 0. The molecule has 0 fully saturated rings. The number of primary amides is 1. The summed E-state index contributed by atoms with van der Waals surface area (Å²) in [5.41, 5.74) is 4.88. The van der Waals surface area contributed by atoms with Gasteiger partial charge in [-0.2, -0.15) is 0 Å². The van der Waals surface area contributed by atoms with Crippen LogP contribution < -0.4 is 5.73 Å². The largest absolute Gasteiger partial charge is 0.369 e. The number of rotatable bonds is 4. The van der Waals surface area contributed by atoms with E-state index in [-0.39, 0.29) is 4.83 Å². The summed E-state index contributed by atoms with van der Waals surface area (Å²) in [4.78, 5) is 19.7. The molecule has 52 valence electrons. The van der Waals surface area contributed by atoms with E-state index in [4.69, 9.17) is 5.73 Å².